The number of nitrogens with zero attached hydrogens (tertiary/aromatic N) is 4. The number of fused-ring (bicyclic) bond motifs is 2. The molecule has 0 aliphatic rings. The van der Waals surface area contributed by atoms with Gasteiger partial charge in [-0.25, -0.2) is 27.3 Å². The summed E-state index contributed by atoms with van der Waals surface area (Å²) in [5.41, 5.74) is 6.14. The Morgan fingerprint density at radius 2 is 1.74 bits per heavy atom. The van der Waals surface area contributed by atoms with Gasteiger partial charge in [-0.1, -0.05) is 36.4 Å². The van der Waals surface area contributed by atoms with Gasteiger partial charge in [0.25, 0.3) is 10.0 Å². The molecular weight excluding hydrogens is 314 g/mol. The standard InChI is InChI=1S/C15H11N5O2S/c16-14-13-15(18-8-17-14)20(9-19-13)23(21,22)12-7-3-5-10-4-1-2-6-11(10)12/h1-9H,(H2,16,17,18). The number of aromatic nitrogens is 4. The largest absolute Gasteiger partial charge is 0.382 e. The molecule has 4 rings (SSSR count). The molecule has 4 aromatic rings. The van der Waals surface area contributed by atoms with Gasteiger partial charge in [0.15, 0.2) is 17.0 Å². The van der Waals surface area contributed by atoms with Crippen LogP contribution in [0, 0.1) is 0 Å². The lowest BCUT2D eigenvalue weighted by molar-refractivity contribution is 0.589. The van der Waals surface area contributed by atoms with Crippen LogP contribution in [0.5, 0.6) is 0 Å². The molecule has 0 aliphatic carbocycles. The third-order valence-corrected chi connectivity index (χ3v) is 5.32. The molecular formula is C15H11N5O2S. The van der Waals surface area contributed by atoms with Gasteiger partial charge in [0.2, 0.25) is 0 Å². The Bertz CT molecular complexity index is 1150. The molecule has 0 unspecified atom stereocenters. The van der Waals surface area contributed by atoms with Crippen LogP contribution in [0.15, 0.2) is 60.0 Å². The zero-order valence-electron chi connectivity index (χ0n) is 11.8. The molecule has 23 heavy (non-hydrogen) atoms. The number of nitrogen functional groups attached to an aromatic ring is 1. The highest BCUT2D eigenvalue weighted by molar-refractivity contribution is 7.90. The van der Waals surface area contributed by atoms with Gasteiger partial charge >= 0.3 is 0 Å². The van der Waals surface area contributed by atoms with E-state index in [2.05, 4.69) is 15.0 Å². The zero-order valence-corrected chi connectivity index (χ0v) is 12.6. The molecule has 0 amide bonds. The summed E-state index contributed by atoms with van der Waals surface area (Å²) < 4.78 is 27.1. The third-order valence-electron chi connectivity index (χ3n) is 3.62. The molecule has 0 atom stereocenters. The zero-order chi connectivity index (χ0) is 16.0. The Balaban J connectivity index is 2.05. The fraction of sp³-hybridized carbons (Fsp3) is 0. The van der Waals surface area contributed by atoms with Crippen molar-refractivity contribution < 1.29 is 8.42 Å². The summed E-state index contributed by atoms with van der Waals surface area (Å²) in [6.45, 7) is 0. The van der Waals surface area contributed by atoms with E-state index in [1.54, 1.807) is 24.3 Å². The summed E-state index contributed by atoms with van der Waals surface area (Å²) >= 11 is 0. The molecule has 0 saturated carbocycles. The van der Waals surface area contributed by atoms with Gasteiger partial charge in [0.05, 0.1) is 4.90 Å². The average Bonchev–Trinajstić information content (AvgIpc) is 3.00. The van der Waals surface area contributed by atoms with Gasteiger partial charge in [-0.15, -0.1) is 0 Å². The lowest BCUT2D eigenvalue weighted by atomic mass is 10.1. The van der Waals surface area contributed by atoms with Crippen LogP contribution in [0.25, 0.3) is 21.9 Å². The molecule has 2 aromatic carbocycles. The predicted molar refractivity (Wildman–Crippen MR) is 86.3 cm³/mol. The second-order valence-corrected chi connectivity index (χ2v) is 6.74. The molecule has 0 aliphatic heterocycles. The third kappa shape index (κ3) is 1.95. The fourth-order valence-electron chi connectivity index (χ4n) is 2.54. The lowest BCUT2D eigenvalue weighted by Crippen LogP contribution is -2.13. The van der Waals surface area contributed by atoms with Crippen molar-refractivity contribution in [2.24, 2.45) is 0 Å². The fourth-order valence-corrected chi connectivity index (χ4v) is 3.99. The number of imidazole rings is 1. The Morgan fingerprint density at radius 1 is 0.957 bits per heavy atom. The van der Waals surface area contributed by atoms with Crippen LogP contribution < -0.4 is 5.73 Å². The SMILES string of the molecule is Nc1ncnc2c1ncn2S(=O)(=O)c1cccc2ccccc12. The summed E-state index contributed by atoms with van der Waals surface area (Å²) in [5, 5.41) is 1.48. The minimum Gasteiger partial charge on any atom is -0.382 e. The molecule has 0 saturated heterocycles. The van der Waals surface area contributed by atoms with Crippen LogP contribution in [0.1, 0.15) is 0 Å². The van der Waals surface area contributed by atoms with E-state index in [9.17, 15) is 8.42 Å². The molecule has 7 nitrogen and oxygen atoms in total. The van der Waals surface area contributed by atoms with Crippen LogP contribution in [-0.4, -0.2) is 27.3 Å². The number of hydrogen-bond donors (Lipinski definition) is 1. The van der Waals surface area contributed by atoms with Crippen LogP contribution in [0.2, 0.25) is 0 Å². The first kappa shape index (κ1) is 13.6. The van der Waals surface area contributed by atoms with Gasteiger partial charge in [-0.05, 0) is 11.5 Å². The van der Waals surface area contributed by atoms with E-state index in [1.807, 2.05) is 18.2 Å². The van der Waals surface area contributed by atoms with Crippen molar-refractivity contribution in [3.05, 3.63) is 55.1 Å². The number of nitrogens with two attached hydrogens (primary N) is 1. The predicted octanol–water partition coefficient (Wildman–Crippen LogP) is 1.80. The summed E-state index contributed by atoms with van der Waals surface area (Å²) in [5.74, 6) is 0.141. The summed E-state index contributed by atoms with van der Waals surface area (Å²) in [6, 6.07) is 12.4. The smallest absolute Gasteiger partial charge is 0.271 e. The highest BCUT2D eigenvalue weighted by Crippen LogP contribution is 2.26. The topological polar surface area (TPSA) is 104 Å². The van der Waals surface area contributed by atoms with Crippen molar-refractivity contribution >= 4 is 37.8 Å². The summed E-state index contributed by atoms with van der Waals surface area (Å²) in [7, 11) is -3.86. The molecule has 0 radical (unpaired) electrons. The van der Waals surface area contributed by atoms with E-state index in [-0.39, 0.29) is 21.9 Å². The Morgan fingerprint density at radius 3 is 2.61 bits per heavy atom. The van der Waals surface area contributed by atoms with Crippen molar-refractivity contribution in [3.8, 4) is 0 Å². The highest BCUT2D eigenvalue weighted by atomic mass is 32.2. The number of rotatable bonds is 2. The maximum absolute atomic E-state index is 13.1. The summed E-state index contributed by atoms with van der Waals surface area (Å²) in [4.78, 5) is 12.0. The molecule has 0 bridgehead atoms. The second kappa shape index (κ2) is 4.75. The van der Waals surface area contributed by atoms with Crippen molar-refractivity contribution in [3.63, 3.8) is 0 Å². The monoisotopic (exact) mass is 325 g/mol. The first-order chi connectivity index (χ1) is 11.1. The van der Waals surface area contributed by atoms with Gasteiger partial charge in [0, 0.05) is 5.39 Å². The molecule has 114 valence electrons. The Hall–Kier alpha value is -3.00. The highest BCUT2D eigenvalue weighted by Gasteiger charge is 2.23. The van der Waals surface area contributed by atoms with Crippen LogP contribution in [0.4, 0.5) is 5.82 Å². The van der Waals surface area contributed by atoms with E-state index >= 15 is 0 Å². The molecule has 8 heteroatoms. The van der Waals surface area contributed by atoms with Crippen molar-refractivity contribution in [2.45, 2.75) is 4.90 Å². The molecule has 2 heterocycles. The Labute approximate surface area is 131 Å². The second-order valence-electron chi connectivity index (χ2n) is 4.95. The quantitative estimate of drug-likeness (QED) is 0.602. The number of hydrogen-bond acceptors (Lipinski definition) is 6. The van der Waals surface area contributed by atoms with E-state index in [1.165, 1.54) is 12.7 Å². The van der Waals surface area contributed by atoms with E-state index < -0.39 is 10.0 Å². The van der Waals surface area contributed by atoms with Crippen LogP contribution in [0.3, 0.4) is 0 Å². The molecule has 2 N–H and O–H groups in total. The average molecular weight is 325 g/mol. The Kier molecular flexibility index (Phi) is 2.82. The van der Waals surface area contributed by atoms with Crippen LogP contribution >= 0.6 is 0 Å². The van der Waals surface area contributed by atoms with Crippen molar-refractivity contribution in [1.29, 1.82) is 0 Å². The first-order valence-electron chi connectivity index (χ1n) is 6.76. The maximum Gasteiger partial charge on any atom is 0.271 e. The molecule has 0 fully saturated rings. The van der Waals surface area contributed by atoms with E-state index in [4.69, 9.17) is 5.73 Å². The first-order valence-corrected chi connectivity index (χ1v) is 8.20. The molecule has 2 aromatic heterocycles. The van der Waals surface area contributed by atoms with E-state index in [0.29, 0.717) is 5.39 Å². The van der Waals surface area contributed by atoms with Gasteiger partial charge in [0.1, 0.15) is 12.7 Å². The van der Waals surface area contributed by atoms with Crippen molar-refractivity contribution in [1.82, 2.24) is 18.9 Å². The normalized spacial score (nSPS) is 12.0. The minimum atomic E-state index is -3.86. The van der Waals surface area contributed by atoms with Crippen molar-refractivity contribution in [2.75, 3.05) is 5.73 Å². The minimum absolute atomic E-state index is 0.141. The maximum atomic E-state index is 13.1. The molecule has 0 spiro atoms. The number of benzene rings is 2. The van der Waals surface area contributed by atoms with Crippen LogP contribution in [-0.2, 0) is 10.0 Å². The number of anilines is 1. The van der Waals surface area contributed by atoms with Gasteiger partial charge < -0.3 is 5.73 Å². The van der Waals surface area contributed by atoms with Gasteiger partial charge in [-0.2, -0.15) is 0 Å². The van der Waals surface area contributed by atoms with E-state index in [0.717, 1.165) is 9.36 Å². The summed E-state index contributed by atoms with van der Waals surface area (Å²) in [6.07, 6.45) is 2.42. The lowest BCUT2D eigenvalue weighted by Gasteiger charge is -2.09. The van der Waals surface area contributed by atoms with Gasteiger partial charge in [-0.3, -0.25) is 0 Å².